The number of halogens is 2. The molecular weight excluding hydrogens is 341 g/mol. The summed E-state index contributed by atoms with van der Waals surface area (Å²) in [5.74, 6) is 0.776. The van der Waals surface area contributed by atoms with Gasteiger partial charge in [-0.25, -0.2) is 0 Å². The summed E-state index contributed by atoms with van der Waals surface area (Å²) >= 11 is 13.8. The first-order valence-electron chi connectivity index (χ1n) is 7.66. The first-order valence-corrected chi connectivity index (χ1v) is 9.47. The predicted molar refractivity (Wildman–Crippen MR) is 90.6 cm³/mol. The standard InChI is InChI=1S/C15H19Cl2N3OS/c16-12-2-1-11(9-13(12)17)15-20(14(21)10-22-15)8-7-19-5-3-18-4-6-19/h1-2,9,15,18H,3-8,10H2/p+2/t15-/m0/s1. The van der Waals surface area contributed by atoms with Crippen LogP contribution in [0.1, 0.15) is 10.9 Å². The van der Waals surface area contributed by atoms with Gasteiger partial charge in [0.05, 0.1) is 28.9 Å². The zero-order valence-corrected chi connectivity index (χ0v) is 14.7. The van der Waals surface area contributed by atoms with Gasteiger partial charge < -0.3 is 15.1 Å². The maximum atomic E-state index is 12.2. The second kappa shape index (κ2) is 7.41. The number of carbonyl (C=O) groups excluding carboxylic acids is 1. The number of carbonyl (C=O) groups is 1. The normalized spacial score (nSPS) is 23.3. The van der Waals surface area contributed by atoms with E-state index in [-0.39, 0.29) is 11.3 Å². The first kappa shape index (κ1) is 16.4. The van der Waals surface area contributed by atoms with Crippen molar-refractivity contribution in [1.82, 2.24) is 4.90 Å². The van der Waals surface area contributed by atoms with Crippen molar-refractivity contribution in [3.8, 4) is 0 Å². The molecule has 4 nitrogen and oxygen atoms in total. The summed E-state index contributed by atoms with van der Waals surface area (Å²) in [7, 11) is 0. The molecule has 2 aliphatic heterocycles. The van der Waals surface area contributed by atoms with E-state index in [1.54, 1.807) is 16.7 Å². The van der Waals surface area contributed by atoms with Gasteiger partial charge in [0.1, 0.15) is 31.6 Å². The fraction of sp³-hybridized carbons (Fsp3) is 0.533. The van der Waals surface area contributed by atoms with Crippen molar-refractivity contribution in [2.45, 2.75) is 5.37 Å². The molecule has 0 spiro atoms. The molecule has 1 aromatic carbocycles. The lowest BCUT2D eigenvalue weighted by Gasteiger charge is -2.28. The Labute approximate surface area is 145 Å². The number of amides is 1. The Morgan fingerprint density at radius 3 is 2.77 bits per heavy atom. The van der Waals surface area contributed by atoms with Crippen molar-refractivity contribution in [3.63, 3.8) is 0 Å². The largest absolute Gasteiger partial charge is 0.337 e. The van der Waals surface area contributed by atoms with Gasteiger partial charge in [0.25, 0.3) is 0 Å². The van der Waals surface area contributed by atoms with Crippen LogP contribution in [0.4, 0.5) is 0 Å². The molecule has 1 amide bonds. The molecule has 1 atom stereocenters. The topological polar surface area (TPSA) is 41.4 Å². The first-order chi connectivity index (χ1) is 10.6. The lowest BCUT2D eigenvalue weighted by atomic mass is 10.2. The van der Waals surface area contributed by atoms with Crippen LogP contribution in [-0.2, 0) is 4.79 Å². The molecule has 0 unspecified atom stereocenters. The van der Waals surface area contributed by atoms with Gasteiger partial charge in [-0.3, -0.25) is 4.79 Å². The number of hydrogen-bond donors (Lipinski definition) is 2. The highest BCUT2D eigenvalue weighted by atomic mass is 35.5. The van der Waals surface area contributed by atoms with E-state index in [9.17, 15) is 4.79 Å². The summed E-state index contributed by atoms with van der Waals surface area (Å²) in [6.45, 7) is 6.59. The number of rotatable bonds is 4. The summed E-state index contributed by atoms with van der Waals surface area (Å²) in [5, 5.41) is 3.54. The molecule has 7 heteroatoms. The van der Waals surface area contributed by atoms with Gasteiger partial charge in [0, 0.05) is 0 Å². The number of hydrogen-bond acceptors (Lipinski definition) is 2. The fourth-order valence-corrected chi connectivity index (χ4v) is 4.56. The van der Waals surface area contributed by atoms with Crippen molar-refractivity contribution in [3.05, 3.63) is 33.8 Å². The Balaban J connectivity index is 1.67. The molecule has 0 saturated carbocycles. The highest BCUT2D eigenvalue weighted by Crippen LogP contribution is 2.39. The summed E-state index contributed by atoms with van der Waals surface area (Å²) in [4.78, 5) is 15.8. The SMILES string of the molecule is O=C1CS[C@@H](c2ccc(Cl)c(Cl)c2)N1CC[NH+]1CC[NH2+]CC1. The molecule has 0 aromatic heterocycles. The number of piperazine rings is 1. The summed E-state index contributed by atoms with van der Waals surface area (Å²) < 4.78 is 0. The van der Waals surface area contributed by atoms with E-state index in [1.165, 1.54) is 26.2 Å². The van der Waals surface area contributed by atoms with Gasteiger partial charge in [0.2, 0.25) is 5.91 Å². The van der Waals surface area contributed by atoms with E-state index in [0.29, 0.717) is 15.8 Å². The molecule has 120 valence electrons. The van der Waals surface area contributed by atoms with Crippen LogP contribution in [0.3, 0.4) is 0 Å². The van der Waals surface area contributed by atoms with Crippen LogP contribution < -0.4 is 10.2 Å². The molecule has 3 rings (SSSR count). The van der Waals surface area contributed by atoms with Crippen LogP contribution in [0, 0.1) is 0 Å². The Hall–Kier alpha value is -0.460. The van der Waals surface area contributed by atoms with Gasteiger partial charge in [-0.05, 0) is 17.7 Å². The third kappa shape index (κ3) is 3.71. The summed E-state index contributed by atoms with van der Waals surface area (Å²) in [6, 6.07) is 5.67. The Kier molecular flexibility index (Phi) is 5.52. The predicted octanol–water partition coefficient (Wildman–Crippen LogP) is 0.0293. The van der Waals surface area contributed by atoms with E-state index >= 15 is 0 Å². The third-order valence-corrected chi connectivity index (χ3v) is 6.30. The van der Waals surface area contributed by atoms with Gasteiger partial charge in [0.15, 0.2) is 0 Å². The molecule has 2 aliphatic rings. The Bertz CT molecular complexity index is 552. The second-order valence-electron chi connectivity index (χ2n) is 5.79. The Morgan fingerprint density at radius 1 is 1.27 bits per heavy atom. The minimum absolute atomic E-state index is 0.0676. The molecule has 2 saturated heterocycles. The number of nitrogens with two attached hydrogens (primary N) is 1. The van der Waals surface area contributed by atoms with E-state index in [4.69, 9.17) is 23.2 Å². The molecule has 22 heavy (non-hydrogen) atoms. The number of nitrogens with zero attached hydrogens (tertiary/aromatic N) is 1. The van der Waals surface area contributed by atoms with Crippen LogP contribution >= 0.6 is 35.0 Å². The second-order valence-corrected chi connectivity index (χ2v) is 7.67. The summed E-state index contributed by atoms with van der Waals surface area (Å²) in [6.07, 6.45) is 0. The molecule has 2 fully saturated rings. The van der Waals surface area contributed by atoms with Crippen molar-refractivity contribution >= 4 is 40.9 Å². The minimum Gasteiger partial charge on any atom is -0.337 e. The van der Waals surface area contributed by atoms with Crippen LogP contribution in [0.25, 0.3) is 0 Å². The zero-order valence-electron chi connectivity index (χ0n) is 12.4. The minimum atomic E-state index is 0.0676. The summed E-state index contributed by atoms with van der Waals surface area (Å²) in [5.41, 5.74) is 1.06. The number of quaternary nitrogens is 2. The molecule has 0 aliphatic carbocycles. The lowest BCUT2D eigenvalue weighted by Crippen LogP contribution is -3.20. The maximum Gasteiger partial charge on any atom is 0.234 e. The third-order valence-electron chi connectivity index (χ3n) is 4.31. The highest BCUT2D eigenvalue weighted by Gasteiger charge is 2.33. The molecular formula is C15H21Cl2N3OS+2. The van der Waals surface area contributed by atoms with Gasteiger partial charge in [-0.15, -0.1) is 11.8 Å². The highest BCUT2D eigenvalue weighted by molar-refractivity contribution is 8.00. The quantitative estimate of drug-likeness (QED) is 0.794. The van der Waals surface area contributed by atoms with Crippen molar-refractivity contribution in [2.24, 2.45) is 0 Å². The molecule has 1 aromatic rings. The maximum absolute atomic E-state index is 12.2. The molecule has 3 N–H and O–H groups in total. The lowest BCUT2D eigenvalue weighted by molar-refractivity contribution is -0.946. The van der Waals surface area contributed by atoms with Crippen LogP contribution in [-0.4, -0.2) is 55.8 Å². The van der Waals surface area contributed by atoms with Gasteiger partial charge >= 0.3 is 0 Å². The smallest absolute Gasteiger partial charge is 0.234 e. The number of benzene rings is 1. The molecule has 0 radical (unpaired) electrons. The van der Waals surface area contributed by atoms with E-state index in [0.717, 1.165) is 18.7 Å². The van der Waals surface area contributed by atoms with E-state index in [1.807, 2.05) is 23.1 Å². The molecule has 2 heterocycles. The average molecular weight is 362 g/mol. The van der Waals surface area contributed by atoms with E-state index in [2.05, 4.69) is 5.32 Å². The van der Waals surface area contributed by atoms with Crippen LogP contribution in [0.15, 0.2) is 18.2 Å². The van der Waals surface area contributed by atoms with Crippen LogP contribution in [0.2, 0.25) is 10.0 Å². The Morgan fingerprint density at radius 2 is 2.05 bits per heavy atom. The fourth-order valence-electron chi connectivity index (χ4n) is 3.05. The zero-order chi connectivity index (χ0) is 15.5. The van der Waals surface area contributed by atoms with Crippen LogP contribution in [0.5, 0.6) is 0 Å². The number of thioether (sulfide) groups is 1. The van der Waals surface area contributed by atoms with Crippen molar-refractivity contribution in [2.75, 3.05) is 45.0 Å². The average Bonchev–Trinajstić information content (AvgIpc) is 2.90. The van der Waals surface area contributed by atoms with Crippen molar-refractivity contribution in [1.29, 1.82) is 0 Å². The monoisotopic (exact) mass is 361 g/mol. The van der Waals surface area contributed by atoms with Gasteiger partial charge in [-0.2, -0.15) is 0 Å². The van der Waals surface area contributed by atoms with Gasteiger partial charge in [-0.1, -0.05) is 29.3 Å². The van der Waals surface area contributed by atoms with E-state index < -0.39 is 0 Å². The van der Waals surface area contributed by atoms with Crippen molar-refractivity contribution < 1.29 is 15.0 Å². The molecule has 0 bridgehead atoms. The number of nitrogens with one attached hydrogen (secondary N) is 1.